The number of carbonyl (C=O) groups is 1. The van der Waals surface area contributed by atoms with Crippen molar-refractivity contribution in [2.24, 2.45) is 0 Å². The summed E-state index contributed by atoms with van der Waals surface area (Å²) in [6.45, 7) is 1.94. The monoisotopic (exact) mass is 320 g/mol. The van der Waals surface area contributed by atoms with Crippen LogP contribution in [0.1, 0.15) is 27.0 Å². The second-order valence-corrected chi connectivity index (χ2v) is 5.39. The molecule has 0 atom stereocenters. The van der Waals surface area contributed by atoms with Crippen LogP contribution in [0.3, 0.4) is 0 Å². The molecule has 0 radical (unpaired) electrons. The number of nitriles is 1. The normalized spacial score (nSPS) is 10.4. The van der Waals surface area contributed by atoms with Gasteiger partial charge in [-0.2, -0.15) is 5.26 Å². The predicted octanol–water partition coefficient (Wildman–Crippen LogP) is 3.49. The van der Waals surface area contributed by atoms with E-state index in [0.29, 0.717) is 22.4 Å². The minimum atomic E-state index is -0.451. The number of carbonyl (C=O) groups excluding carboxylic acids is 1. The number of hydrogen-bond acceptors (Lipinski definition) is 4. The topological polar surface area (TPSA) is 63.7 Å². The molecule has 0 fully saturated rings. The summed E-state index contributed by atoms with van der Waals surface area (Å²) in [7, 11) is 1.56. The number of benzene rings is 1. The third kappa shape index (κ3) is 2.82. The van der Waals surface area contributed by atoms with Gasteiger partial charge in [-0.05, 0) is 36.8 Å². The number of esters is 1. The Kier molecular flexibility index (Phi) is 4.21. The number of methoxy groups -OCH3 is 1. The molecule has 0 N–H and O–H groups in total. The highest BCUT2D eigenvalue weighted by atomic mass is 16.5. The number of fused-ring (bicyclic) bond motifs is 1. The van der Waals surface area contributed by atoms with Crippen molar-refractivity contribution in [3.8, 4) is 11.8 Å². The van der Waals surface area contributed by atoms with Crippen molar-refractivity contribution < 1.29 is 14.3 Å². The molecule has 120 valence electrons. The summed E-state index contributed by atoms with van der Waals surface area (Å²) >= 11 is 0. The molecular formula is C19H16N2O3. The fraction of sp³-hybridized carbons (Fsp3) is 0.158. The van der Waals surface area contributed by atoms with Crippen molar-refractivity contribution in [1.82, 2.24) is 4.40 Å². The minimum Gasteiger partial charge on any atom is -0.496 e. The summed E-state index contributed by atoms with van der Waals surface area (Å²) in [5.74, 6) is 0.184. The van der Waals surface area contributed by atoms with E-state index < -0.39 is 5.97 Å². The number of rotatable bonds is 4. The van der Waals surface area contributed by atoms with E-state index in [-0.39, 0.29) is 6.61 Å². The van der Waals surface area contributed by atoms with Gasteiger partial charge in [0.2, 0.25) is 0 Å². The molecule has 3 rings (SSSR count). The third-order valence-electron chi connectivity index (χ3n) is 3.88. The van der Waals surface area contributed by atoms with Crippen molar-refractivity contribution in [3.05, 3.63) is 71.0 Å². The van der Waals surface area contributed by atoms with Crippen LogP contribution in [0.5, 0.6) is 5.75 Å². The Bertz CT molecular complexity index is 951. The van der Waals surface area contributed by atoms with Gasteiger partial charge in [-0.25, -0.2) is 4.79 Å². The molecule has 3 aromatic rings. The zero-order valence-electron chi connectivity index (χ0n) is 13.4. The van der Waals surface area contributed by atoms with Gasteiger partial charge in [0.1, 0.15) is 18.4 Å². The highest BCUT2D eigenvalue weighted by Gasteiger charge is 2.14. The molecule has 24 heavy (non-hydrogen) atoms. The standard InChI is InChI=1S/C19H16N2O3/c1-13-6-7-14(9-18(13)23-2)19(22)24-12-15-11-21-8-4-3-5-17(21)16(15)10-20/h3-9,11H,12H2,1-2H3. The first-order valence-corrected chi connectivity index (χ1v) is 7.44. The van der Waals surface area contributed by atoms with Crippen LogP contribution >= 0.6 is 0 Å². The Morgan fingerprint density at radius 1 is 1.29 bits per heavy atom. The largest absolute Gasteiger partial charge is 0.496 e. The number of pyridine rings is 1. The molecule has 0 aliphatic heterocycles. The smallest absolute Gasteiger partial charge is 0.338 e. The summed E-state index contributed by atoms with van der Waals surface area (Å²) < 4.78 is 12.4. The number of aromatic nitrogens is 1. The van der Waals surface area contributed by atoms with Crippen molar-refractivity contribution in [2.45, 2.75) is 13.5 Å². The Balaban J connectivity index is 1.81. The molecule has 1 aromatic carbocycles. The van der Waals surface area contributed by atoms with Gasteiger partial charge in [0.25, 0.3) is 0 Å². The number of nitrogens with zero attached hydrogens (tertiary/aromatic N) is 2. The average Bonchev–Trinajstić information content (AvgIpc) is 2.97. The van der Waals surface area contributed by atoms with Gasteiger partial charge in [-0.3, -0.25) is 0 Å². The van der Waals surface area contributed by atoms with Gasteiger partial charge in [-0.1, -0.05) is 12.1 Å². The summed E-state index contributed by atoms with van der Waals surface area (Å²) in [5.41, 5.74) is 3.35. The van der Waals surface area contributed by atoms with E-state index in [2.05, 4.69) is 6.07 Å². The lowest BCUT2D eigenvalue weighted by atomic mass is 10.1. The average molecular weight is 320 g/mol. The van der Waals surface area contributed by atoms with Crippen LogP contribution in [-0.2, 0) is 11.3 Å². The Morgan fingerprint density at radius 2 is 2.12 bits per heavy atom. The van der Waals surface area contributed by atoms with Crippen LogP contribution in [0.25, 0.3) is 5.52 Å². The zero-order chi connectivity index (χ0) is 17.1. The molecule has 0 bridgehead atoms. The summed E-state index contributed by atoms with van der Waals surface area (Å²) in [4.78, 5) is 12.2. The van der Waals surface area contributed by atoms with Crippen LogP contribution < -0.4 is 4.74 Å². The number of hydrogen-bond donors (Lipinski definition) is 0. The number of ether oxygens (including phenoxy) is 2. The third-order valence-corrected chi connectivity index (χ3v) is 3.88. The molecule has 0 spiro atoms. The Morgan fingerprint density at radius 3 is 2.88 bits per heavy atom. The maximum Gasteiger partial charge on any atom is 0.338 e. The van der Waals surface area contributed by atoms with Gasteiger partial charge >= 0.3 is 5.97 Å². The molecule has 2 aromatic heterocycles. The van der Waals surface area contributed by atoms with Crippen molar-refractivity contribution in [3.63, 3.8) is 0 Å². The van der Waals surface area contributed by atoms with E-state index in [1.54, 1.807) is 25.4 Å². The summed E-state index contributed by atoms with van der Waals surface area (Å²) in [6.07, 6.45) is 3.66. The highest BCUT2D eigenvalue weighted by Crippen LogP contribution is 2.21. The van der Waals surface area contributed by atoms with E-state index in [9.17, 15) is 10.1 Å². The van der Waals surface area contributed by atoms with E-state index in [0.717, 1.165) is 11.1 Å². The first-order chi connectivity index (χ1) is 11.6. The van der Waals surface area contributed by atoms with Crippen LogP contribution in [0, 0.1) is 18.3 Å². The lowest BCUT2D eigenvalue weighted by Crippen LogP contribution is -2.06. The van der Waals surface area contributed by atoms with Crippen LogP contribution in [-0.4, -0.2) is 17.5 Å². The molecule has 0 aliphatic carbocycles. The summed E-state index contributed by atoms with van der Waals surface area (Å²) in [5, 5.41) is 9.37. The fourth-order valence-electron chi connectivity index (χ4n) is 2.59. The van der Waals surface area contributed by atoms with Crippen molar-refractivity contribution in [2.75, 3.05) is 7.11 Å². The molecule has 0 unspecified atom stereocenters. The van der Waals surface area contributed by atoms with Gasteiger partial charge in [0.15, 0.2) is 0 Å². The lowest BCUT2D eigenvalue weighted by Gasteiger charge is -2.08. The molecule has 0 saturated carbocycles. The second kappa shape index (κ2) is 6.47. The molecular weight excluding hydrogens is 304 g/mol. The maximum absolute atomic E-state index is 12.2. The van der Waals surface area contributed by atoms with E-state index in [1.165, 1.54) is 0 Å². The Labute approximate surface area is 139 Å². The quantitative estimate of drug-likeness (QED) is 0.690. The molecule has 0 aliphatic rings. The first-order valence-electron chi connectivity index (χ1n) is 7.44. The van der Waals surface area contributed by atoms with Crippen LogP contribution in [0.2, 0.25) is 0 Å². The molecule has 2 heterocycles. The SMILES string of the molecule is COc1cc(C(=O)OCc2cn3ccccc3c2C#N)ccc1C. The maximum atomic E-state index is 12.2. The van der Waals surface area contributed by atoms with Gasteiger partial charge in [0.05, 0.1) is 23.8 Å². The lowest BCUT2D eigenvalue weighted by molar-refractivity contribution is 0.0472. The Hall–Kier alpha value is -3.26. The van der Waals surface area contributed by atoms with Crippen LogP contribution in [0.15, 0.2) is 48.8 Å². The highest BCUT2D eigenvalue weighted by molar-refractivity contribution is 5.90. The molecule has 5 nitrogen and oxygen atoms in total. The molecule has 0 amide bonds. The van der Waals surface area contributed by atoms with Gasteiger partial charge in [-0.15, -0.1) is 0 Å². The van der Waals surface area contributed by atoms with Crippen LogP contribution in [0.4, 0.5) is 0 Å². The van der Waals surface area contributed by atoms with E-state index in [4.69, 9.17) is 9.47 Å². The first kappa shape index (κ1) is 15.6. The van der Waals surface area contributed by atoms with Crippen molar-refractivity contribution >= 4 is 11.5 Å². The number of aryl methyl sites for hydroxylation is 1. The summed E-state index contributed by atoms with van der Waals surface area (Å²) in [6, 6.07) is 12.9. The van der Waals surface area contributed by atoms with Gasteiger partial charge < -0.3 is 13.9 Å². The zero-order valence-corrected chi connectivity index (χ0v) is 13.4. The van der Waals surface area contributed by atoms with E-state index in [1.807, 2.05) is 41.8 Å². The van der Waals surface area contributed by atoms with Crippen molar-refractivity contribution in [1.29, 1.82) is 5.26 Å². The van der Waals surface area contributed by atoms with E-state index >= 15 is 0 Å². The molecule has 0 saturated heterocycles. The second-order valence-electron chi connectivity index (χ2n) is 5.39. The minimum absolute atomic E-state index is 0.0413. The molecule has 5 heteroatoms. The predicted molar refractivity (Wildman–Crippen MR) is 89.0 cm³/mol. The van der Waals surface area contributed by atoms with Gasteiger partial charge in [0, 0.05) is 18.0 Å². The fourth-order valence-corrected chi connectivity index (χ4v) is 2.59.